The van der Waals surface area contributed by atoms with E-state index < -0.39 is 0 Å². The first-order valence-corrected chi connectivity index (χ1v) is 8.34. The van der Waals surface area contributed by atoms with Gasteiger partial charge in [-0.2, -0.15) is 0 Å². The first-order chi connectivity index (χ1) is 10.1. The summed E-state index contributed by atoms with van der Waals surface area (Å²) >= 11 is 0. The monoisotopic (exact) mass is 287 g/mol. The molecule has 1 N–H and O–H groups in total. The van der Waals surface area contributed by atoms with E-state index in [4.69, 9.17) is 0 Å². The third-order valence-electron chi connectivity index (χ3n) is 6.06. The van der Waals surface area contributed by atoms with Crippen LogP contribution in [0.25, 0.3) is 0 Å². The molecule has 5 rings (SSSR count). The molecule has 4 bridgehead atoms. The number of rotatable bonds is 4. The molecule has 4 aliphatic rings. The number of aromatic nitrogens is 2. The zero-order valence-electron chi connectivity index (χ0n) is 12.8. The second kappa shape index (κ2) is 4.85. The van der Waals surface area contributed by atoms with Gasteiger partial charge in [-0.1, -0.05) is 0 Å². The van der Waals surface area contributed by atoms with Crippen LogP contribution in [0.4, 0.5) is 0 Å². The molecule has 1 aromatic rings. The van der Waals surface area contributed by atoms with Crippen LogP contribution in [0, 0.1) is 23.2 Å². The molecule has 4 nitrogen and oxygen atoms in total. The predicted molar refractivity (Wildman–Crippen MR) is 80.3 cm³/mol. The van der Waals surface area contributed by atoms with Gasteiger partial charge in [0.05, 0.1) is 6.54 Å². The van der Waals surface area contributed by atoms with Crippen molar-refractivity contribution in [1.82, 2.24) is 14.9 Å². The van der Waals surface area contributed by atoms with Crippen molar-refractivity contribution in [3.8, 4) is 0 Å². The highest BCUT2D eigenvalue weighted by atomic mass is 16.2. The number of amides is 1. The number of hydrogen-bond acceptors (Lipinski definition) is 2. The summed E-state index contributed by atoms with van der Waals surface area (Å²) in [6.45, 7) is 0.595. The Kier molecular flexibility index (Phi) is 3.09. The van der Waals surface area contributed by atoms with Gasteiger partial charge in [-0.05, 0) is 61.7 Å². The summed E-state index contributed by atoms with van der Waals surface area (Å²) in [7, 11) is 1.91. The van der Waals surface area contributed by atoms with E-state index in [-0.39, 0.29) is 0 Å². The summed E-state index contributed by atoms with van der Waals surface area (Å²) in [6, 6.07) is 0. The SMILES string of the molecule is CN(Cc1ncc[nH]1)C(=O)CC12CC3CC(CC(C3)C1)C2. The van der Waals surface area contributed by atoms with Crippen molar-refractivity contribution < 1.29 is 4.79 Å². The molecule has 4 fully saturated rings. The summed E-state index contributed by atoms with van der Waals surface area (Å²) in [4.78, 5) is 21.8. The van der Waals surface area contributed by atoms with Crippen LogP contribution < -0.4 is 0 Å². The number of nitrogens with zero attached hydrogens (tertiary/aromatic N) is 2. The van der Waals surface area contributed by atoms with Crippen LogP contribution in [-0.2, 0) is 11.3 Å². The number of aromatic amines is 1. The topological polar surface area (TPSA) is 49.0 Å². The van der Waals surface area contributed by atoms with Gasteiger partial charge < -0.3 is 9.88 Å². The lowest BCUT2D eigenvalue weighted by Gasteiger charge is -2.56. The molecule has 0 unspecified atom stereocenters. The Bertz CT molecular complexity index is 487. The van der Waals surface area contributed by atoms with Crippen molar-refractivity contribution >= 4 is 5.91 Å². The van der Waals surface area contributed by atoms with Gasteiger partial charge in [0, 0.05) is 25.9 Å². The van der Waals surface area contributed by atoms with E-state index in [1.54, 1.807) is 6.20 Å². The largest absolute Gasteiger partial charge is 0.347 e. The maximum Gasteiger partial charge on any atom is 0.223 e. The Hall–Kier alpha value is -1.32. The molecule has 1 aromatic heterocycles. The fourth-order valence-electron chi connectivity index (χ4n) is 5.66. The minimum absolute atomic E-state index is 0.299. The van der Waals surface area contributed by atoms with Crippen molar-refractivity contribution in [2.75, 3.05) is 7.05 Å². The van der Waals surface area contributed by atoms with Gasteiger partial charge in [-0.3, -0.25) is 4.79 Å². The number of H-pyrrole nitrogens is 1. The van der Waals surface area contributed by atoms with Crippen LogP contribution in [-0.4, -0.2) is 27.8 Å². The van der Waals surface area contributed by atoms with E-state index in [1.807, 2.05) is 18.1 Å². The van der Waals surface area contributed by atoms with Crippen LogP contribution in [0.2, 0.25) is 0 Å². The summed E-state index contributed by atoms with van der Waals surface area (Å²) in [5.74, 6) is 3.92. The molecule has 1 heterocycles. The summed E-state index contributed by atoms with van der Waals surface area (Å²) in [6.07, 6.45) is 12.5. The van der Waals surface area contributed by atoms with E-state index in [1.165, 1.54) is 38.5 Å². The summed E-state index contributed by atoms with van der Waals surface area (Å²) < 4.78 is 0. The Labute approximate surface area is 126 Å². The number of carbonyl (C=O) groups excluding carboxylic acids is 1. The third kappa shape index (κ3) is 2.49. The van der Waals surface area contributed by atoms with Crippen molar-refractivity contribution in [1.29, 1.82) is 0 Å². The van der Waals surface area contributed by atoms with Gasteiger partial charge in [0.25, 0.3) is 0 Å². The lowest BCUT2D eigenvalue weighted by molar-refractivity contribution is -0.138. The van der Waals surface area contributed by atoms with Gasteiger partial charge in [0.2, 0.25) is 5.91 Å². The highest BCUT2D eigenvalue weighted by molar-refractivity contribution is 5.76. The minimum Gasteiger partial charge on any atom is -0.347 e. The smallest absolute Gasteiger partial charge is 0.223 e. The van der Waals surface area contributed by atoms with E-state index in [9.17, 15) is 4.79 Å². The molecule has 0 aliphatic heterocycles. The van der Waals surface area contributed by atoms with Crippen LogP contribution in [0.1, 0.15) is 50.8 Å². The normalized spacial score (nSPS) is 36.9. The second-order valence-corrected chi connectivity index (χ2v) is 7.88. The first kappa shape index (κ1) is 13.4. The zero-order chi connectivity index (χ0) is 14.4. The molecule has 0 radical (unpaired) electrons. The van der Waals surface area contributed by atoms with Crippen LogP contribution in [0.3, 0.4) is 0 Å². The zero-order valence-corrected chi connectivity index (χ0v) is 12.8. The van der Waals surface area contributed by atoms with Crippen LogP contribution in [0.5, 0.6) is 0 Å². The van der Waals surface area contributed by atoms with Crippen molar-refractivity contribution in [3.63, 3.8) is 0 Å². The summed E-state index contributed by atoms with van der Waals surface area (Å²) in [5, 5.41) is 0. The van der Waals surface area contributed by atoms with E-state index >= 15 is 0 Å². The molecule has 21 heavy (non-hydrogen) atoms. The maximum atomic E-state index is 12.6. The third-order valence-corrected chi connectivity index (χ3v) is 6.06. The maximum absolute atomic E-state index is 12.6. The Morgan fingerprint density at radius 3 is 2.43 bits per heavy atom. The van der Waals surface area contributed by atoms with Crippen LogP contribution >= 0.6 is 0 Å². The summed E-state index contributed by atoms with van der Waals surface area (Å²) in [5.41, 5.74) is 0.337. The fraction of sp³-hybridized carbons (Fsp3) is 0.765. The number of carbonyl (C=O) groups is 1. The molecule has 0 saturated heterocycles. The Morgan fingerprint density at radius 2 is 1.90 bits per heavy atom. The van der Waals surface area contributed by atoms with E-state index in [2.05, 4.69) is 9.97 Å². The predicted octanol–water partition coefficient (Wildman–Crippen LogP) is 2.97. The highest BCUT2D eigenvalue weighted by Gasteiger charge is 2.51. The molecule has 114 valence electrons. The number of imidazole rings is 1. The van der Waals surface area contributed by atoms with Gasteiger partial charge in [-0.25, -0.2) is 4.98 Å². The van der Waals surface area contributed by atoms with E-state index in [0.29, 0.717) is 17.9 Å². The van der Waals surface area contributed by atoms with Gasteiger partial charge in [0.1, 0.15) is 5.82 Å². The Balaban J connectivity index is 1.42. The minimum atomic E-state index is 0.299. The number of hydrogen-bond donors (Lipinski definition) is 1. The number of nitrogens with one attached hydrogen (secondary N) is 1. The molecule has 0 atom stereocenters. The molecular formula is C17H25N3O. The highest BCUT2D eigenvalue weighted by Crippen LogP contribution is 2.61. The molecule has 4 heteroatoms. The van der Waals surface area contributed by atoms with Crippen molar-refractivity contribution in [2.45, 2.75) is 51.5 Å². The molecule has 4 saturated carbocycles. The first-order valence-electron chi connectivity index (χ1n) is 8.34. The van der Waals surface area contributed by atoms with Crippen LogP contribution in [0.15, 0.2) is 12.4 Å². The molecular weight excluding hydrogens is 262 g/mol. The second-order valence-electron chi connectivity index (χ2n) is 7.88. The van der Waals surface area contributed by atoms with Gasteiger partial charge in [-0.15, -0.1) is 0 Å². The van der Waals surface area contributed by atoms with Crippen molar-refractivity contribution in [3.05, 3.63) is 18.2 Å². The average molecular weight is 287 g/mol. The quantitative estimate of drug-likeness (QED) is 0.925. The standard InChI is InChI=1S/C17H25N3O/c1-20(11-15-18-2-3-19-15)16(21)10-17-7-12-4-13(8-17)6-14(5-12)9-17/h2-3,12-14H,4-11H2,1H3,(H,18,19). The van der Waals surface area contributed by atoms with Crippen molar-refractivity contribution in [2.24, 2.45) is 23.2 Å². The van der Waals surface area contributed by atoms with Gasteiger partial charge >= 0.3 is 0 Å². The lowest BCUT2D eigenvalue weighted by Crippen LogP contribution is -2.48. The fourth-order valence-corrected chi connectivity index (χ4v) is 5.66. The lowest BCUT2D eigenvalue weighted by atomic mass is 9.49. The molecule has 1 amide bonds. The molecule has 0 spiro atoms. The van der Waals surface area contributed by atoms with Gasteiger partial charge in [0.15, 0.2) is 0 Å². The molecule has 0 aromatic carbocycles. The van der Waals surface area contributed by atoms with E-state index in [0.717, 1.165) is 30.0 Å². The Morgan fingerprint density at radius 1 is 1.29 bits per heavy atom. The average Bonchev–Trinajstić information content (AvgIpc) is 2.89. The molecule has 4 aliphatic carbocycles.